The summed E-state index contributed by atoms with van der Waals surface area (Å²) in [4.78, 5) is 58.7. The summed E-state index contributed by atoms with van der Waals surface area (Å²) in [5, 5.41) is 9.88. The maximum absolute atomic E-state index is 13.0. The predicted molar refractivity (Wildman–Crippen MR) is 190 cm³/mol. The molecule has 0 saturated heterocycles. The number of methoxy groups -OCH3 is 1. The van der Waals surface area contributed by atoms with Crippen LogP contribution in [0, 0.1) is 25.2 Å². The second-order valence-corrected chi connectivity index (χ2v) is 13.6. The van der Waals surface area contributed by atoms with Crippen molar-refractivity contribution in [3.05, 3.63) is 106 Å². The summed E-state index contributed by atoms with van der Waals surface area (Å²) in [6, 6.07) is 20.2. The Bertz CT molecular complexity index is 2060. The summed E-state index contributed by atoms with van der Waals surface area (Å²) < 4.78 is 4.85. The highest BCUT2D eigenvalue weighted by Crippen LogP contribution is 2.50. The molecule has 2 amide bonds. The molecular weight excluding hydrogens is 659 g/mol. The molecule has 4 unspecified atom stereocenters. The van der Waals surface area contributed by atoms with Crippen LogP contribution in [0.5, 0.6) is 0 Å². The number of carbonyl (C=O) groups is 3. The zero-order valence-electron chi connectivity index (χ0n) is 26.0. The van der Waals surface area contributed by atoms with Crippen LogP contribution in [0.15, 0.2) is 93.1 Å². The van der Waals surface area contributed by atoms with Crippen LogP contribution < -0.4 is 9.80 Å². The highest BCUT2D eigenvalue weighted by molar-refractivity contribution is 8.01. The number of hydrogen-bond donors (Lipinski definition) is 0. The number of thioether (sulfide) groups is 2. The van der Waals surface area contributed by atoms with Crippen LogP contribution >= 0.6 is 23.5 Å². The molecule has 49 heavy (non-hydrogen) atoms. The number of benzene rings is 2. The van der Waals surface area contributed by atoms with E-state index >= 15 is 0 Å². The van der Waals surface area contributed by atoms with Gasteiger partial charge in [-0.1, -0.05) is 66.3 Å². The molecule has 2 aromatic heterocycles. The third kappa shape index (κ3) is 5.98. The van der Waals surface area contributed by atoms with Gasteiger partial charge in [-0.25, -0.2) is 14.8 Å². The van der Waals surface area contributed by atoms with Gasteiger partial charge in [0, 0.05) is 34.9 Å². The number of carbonyl (C=O) groups excluding carboxylic acids is 3. The minimum atomic E-state index is -0.441. The van der Waals surface area contributed by atoms with E-state index in [4.69, 9.17) is 4.74 Å². The molecule has 11 nitrogen and oxygen atoms in total. The Kier molecular flexibility index (Phi) is 9.36. The molecule has 4 aliphatic heterocycles. The van der Waals surface area contributed by atoms with E-state index in [0.29, 0.717) is 21.7 Å². The number of pyridine rings is 2. The van der Waals surface area contributed by atoms with Gasteiger partial charge in [-0.15, -0.1) is 0 Å². The monoisotopic (exact) mass is 689 g/mol. The lowest BCUT2D eigenvalue weighted by atomic mass is 9.99. The first-order valence-electron chi connectivity index (χ1n) is 14.9. The lowest BCUT2D eigenvalue weighted by molar-refractivity contribution is -0.118. The van der Waals surface area contributed by atoms with Gasteiger partial charge in [0.1, 0.15) is 32.6 Å². The second-order valence-electron chi connectivity index (χ2n) is 11.3. The zero-order chi connectivity index (χ0) is 33.5. The number of aromatic nitrogens is 2. The number of nitriles is 1. The summed E-state index contributed by atoms with van der Waals surface area (Å²) in [5.41, 5.74) is 6.25. The fraction of sp³-hybridized carbons (Fsp3) is 0.222. The molecule has 0 spiro atoms. The molecule has 0 aliphatic carbocycles. The molecule has 4 aromatic rings. The van der Waals surface area contributed by atoms with Crippen molar-refractivity contribution in [2.75, 3.05) is 16.9 Å². The van der Waals surface area contributed by atoms with Crippen LogP contribution in [0.4, 0.5) is 11.4 Å². The quantitative estimate of drug-likeness (QED) is 0.228. The van der Waals surface area contributed by atoms with E-state index in [9.17, 15) is 19.6 Å². The van der Waals surface area contributed by atoms with Crippen molar-refractivity contribution in [2.24, 2.45) is 9.98 Å². The van der Waals surface area contributed by atoms with Gasteiger partial charge in [0.15, 0.2) is 0 Å². The van der Waals surface area contributed by atoms with Crippen LogP contribution in [-0.2, 0) is 14.3 Å². The minimum Gasteiger partial charge on any atom is -0.465 e. The molecule has 0 fully saturated rings. The molecule has 0 radical (unpaired) electrons. The van der Waals surface area contributed by atoms with Gasteiger partial charge in [-0.3, -0.25) is 29.4 Å². The molecule has 8 rings (SSSR count). The van der Waals surface area contributed by atoms with E-state index in [0.717, 1.165) is 33.1 Å². The number of fused-ring (bicyclic) bond motifs is 6. The van der Waals surface area contributed by atoms with Crippen LogP contribution in [0.3, 0.4) is 0 Å². The molecule has 0 saturated carbocycles. The summed E-state index contributed by atoms with van der Waals surface area (Å²) in [7, 11) is 1.34. The van der Waals surface area contributed by atoms with Gasteiger partial charge in [0.2, 0.25) is 11.8 Å². The average molecular weight is 690 g/mol. The van der Waals surface area contributed by atoms with Gasteiger partial charge in [-0.05, 0) is 50.2 Å². The Balaban J connectivity index is 0.000000167. The molecule has 0 bridgehead atoms. The van der Waals surface area contributed by atoms with E-state index in [2.05, 4.69) is 26.0 Å². The maximum atomic E-state index is 13.0. The molecule has 2 aromatic carbocycles. The number of rotatable bonds is 3. The summed E-state index contributed by atoms with van der Waals surface area (Å²) in [6.07, 6.45) is 6.27. The number of esters is 1. The normalized spacial score (nSPS) is 20.9. The van der Waals surface area contributed by atoms with Crippen molar-refractivity contribution >= 4 is 65.4 Å². The fourth-order valence-corrected chi connectivity index (χ4v) is 8.40. The number of aliphatic imine (C=N–C) groups is 2. The number of amides is 2. The molecular formula is C36H31N7O4S2. The van der Waals surface area contributed by atoms with Crippen LogP contribution in [-0.4, -0.2) is 58.0 Å². The van der Waals surface area contributed by atoms with E-state index in [1.807, 2.05) is 62.4 Å². The number of hydrogen-bond acceptors (Lipinski definition) is 11. The van der Waals surface area contributed by atoms with Gasteiger partial charge in [0.05, 0.1) is 37.0 Å². The smallest absolute Gasteiger partial charge is 0.338 e. The first kappa shape index (κ1) is 33.6. The number of anilines is 2. The largest absolute Gasteiger partial charge is 0.465 e. The highest BCUT2D eigenvalue weighted by atomic mass is 32.2. The summed E-state index contributed by atoms with van der Waals surface area (Å²) in [5.74, 6) is -0.535. The molecule has 4 aliphatic rings. The zero-order valence-corrected chi connectivity index (χ0v) is 27.6. The molecule has 13 heteroatoms. The van der Waals surface area contributed by atoms with E-state index in [-0.39, 0.29) is 30.5 Å². The van der Waals surface area contributed by atoms with Crippen molar-refractivity contribution in [1.29, 1.82) is 5.26 Å². The third-order valence-corrected chi connectivity index (χ3v) is 10.9. The van der Waals surface area contributed by atoms with Crippen LogP contribution in [0.25, 0.3) is 0 Å². The van der Waals surface area contributed by atoms with Crippen molar-refractivity contribution in [3.63, 3.8) is 0 Å². The van der Waals surface area contributed by atoms with Gasteiger partial charge < -0.3 is 4.74 Å². The van der Waals surface area contributed by atoms with Crippen LogP contribution in [0.2, 0.25) is 0 Å². The summed E-state index contributed by atoms with van der Waals surface area (Å²) in [6.45, 7) is 4.00. The fourth-order valence-electron chi connectivity index (χ4n) is 5.86. The first-order valence-corrected chi connectivity index (χ1v) is 16.7. The van der Waals surface area contributed by atoms with E-state index in [1.165, 1.54) is 37.0 Å². The lowest BCUT2D eigenvalue weighted by Crippen LogP contribution is -2.42. The molecule has 246 valence electrons. The standard InChI is InChI=1S/C18H15N3O3S.C17H12N4OS.CH4/c1-10-3-5-11(6-4-10)21-9-20-14-13-12(18(23)24-2)7-8-19-16(13)25-15(14)17(21)22;1-10-2-4-12(5-3-10)21-9-20-14-13-11(8-18)6-7-19-16(13)23-15(14)17(21)22;/h3-9,14-15H,1-2H3;2-7,9,14-15H,1H3;1H4. The van der Waals surface area contributed by atoms with E-state index < -0.39 is 17.3 Å². The average Bonchev–Trinajstić information content (AvgIpc) is 3.69. The Morgan fingerprint density at radius 2 is 1.22 bits per heavy atom. The predicted octanol–water partition coefficient (Wildman–Crippen LogP) is 6.26. The van der Waals surface area contributed by atoms with Crippen molar-refractivity contribution in [1.82, 2.24) is 9.97 Å². The molecule has 6 heterocycles. The van der Waals surface area contributed by atoms with Crippen molar-refractivity contribution in [3.8, 4) is 6.07 Å². The van der Waals surface area contributed by atoms with Crippen molar-refractivity contribution < 1.29 is 19.1 Å². The Morgan fingerprint density at radius 1 is 0.755 bits per heavy atom. The van der Waals surface area contributed by atoms with Crippen molar-refractivity contribution in [2.45, 2.75) is 53.9 Å². The van der Waals surface area contributed by atoms with Gasteiger partial charge in [0.25, 0.3) is 0 Å². The Hall–Kier alpha value is -5.32. The third-order valence-electron chi connectivity index (χ3n) is 8.35. The topological polar surface area (TPSA) is 141 Å². The SMILES string of the molecule is C.COC(=O)c1ccnc2c1C1N=CN(c3ccc(C)cc3)C(=O)C1S2.Cc1ccc(N2C=NC3c4c(C#N)ccnc4SC3C2=O)cc1. The van der Waals surface area contributed by atoms with E-state index in [1.54, 1.807) is 40.7 Å². The number of aryl methyl sites for hydroxylation is 2. The van der Waals surface area contributed by atoms with Gasteiger partial charge >= 0.3 is 5.97 Å². The highest BCUT2D eigenvalue weighted by Gasteiger charge is 2.46. The molecule has 4 atom stereocenters. The number of ether oxygens (including phenoxy) is 1. The molecule has 0 N–H and O–H groups in total. The summed E-state index contributed by atoms with van der Waals surface area (Å²) >= 11 is 2.74. The van der Waals surface area contributed by atoms with Crippen LogP contribution in [0.1, 0.15) is 57.7 Å². The Labute approximate surface area is 292 Å². The minimum absolute atomic E-state index is 0. The second kappa shape index (κ2) is 13.7. The van der Waals surface area contributed by atoms with Gasteiger partial charge in [-0.2, -0.15) is 5.26 Å². The lowest BCUT2D eigenvalue weighted by Gasteiger charge is -2.28. The number of nitrogens with zero attached hydrogens (tertiary/aromatic N) is 7. The first-order chi connectivity index (χ1) is 23.3. The maximum Gasteiger partial charge on any atom is 0.338 e. The Morgan fingerprint density at radius 3 is 1.71 bits per heavy atom.